The SMILES string of the molecule is Cc1c(C(F)(F)F)cnc(N2CCO[C@H](C(F)(F)F)C2)c1C(=O)Nc1ccnc([S@@](C)(=O)=NC(=O)OC(C)(C)C)c1. The number of rotatable bonds is 4. The van der Waals surface area contributed by atoms with Crippen molar-refractivity contribution in [3.05, 3.63) is 41.2 Å². The summed E-state index contributed by atoms with van der Waals surface area (Å²) in [4.78, 5) is 34.1. The second kappa shape index (κ2) is 11.4. The Morgan fingerprint density at radius 3 is 2.41 bits per heavy atom. The van der Waals surface area contributed by atoms with Crippen molar-refractivity contribution in [2.75, 3.05) is 36.2 Å². The second-order valence-corrected chi connectivity index (χ2v) is 12.3. The molecule has 0 spiro atoms. The third-order valence-corrected chi connectivity index (χ3v) is 7.10. The Morgan fingerprint density at radius 2 is 1.83 bits per heavy atom. The zero-order chi connectivity index (χ0) is 31.0. The van der Waals surface area contributed by atoms with Gasteiger partial charge in [-0.1, -0.05) is 0 Å². The van der Waals surface area contributed by atoms with Crippen molar-refractivity contribution in [1.29, 1.82) is 0 Å². The molecule has 1 N–H and O–H groups in total. The number of halogens is 6. The fourth-order valence-corrected chi connectivity index (χ4v) is 4.80. The predicted molar refractivity (Wildman–Crippen MR) is 135 cm³/mol. The highest BCUT2D eigenvalue weighted by molar-refractivity contribution is 7.93. The van der Waals surface area contributed by atoms with Gasteiger partial charge in [0.25, 0.3) is 5.91 Å². The highest BCUT2D eigenvalue weighted by Crippen LogP contribution is 2.37. The van der Waals surface area contributed by atoms with E-state index < -0.39 is 81.4 Å². The minimum absolute atomic E-state index is 0.0909. The van der Waals surface area contributed by atoms with Crippen LogP contribution in [-0.2, 0) is 25.4 Å². The molecule has 2 aromatic rings. The van der Waals surface area contributed by atoms with Gasteiger partial charge in [0.15, 0.2) is 6.10 Å². The van der Waals surface area contributed by atoms with Crippen LogP contribution >= 0.6 is 0 Å². The molecular weight excluding hydrogens is 584 g/mol. The molecule has 10 nitrogen and oxygen atoms in total. The van der Waals surface area contributed by atoms with Crippen molar-refractivity contribution in [2.24, 2.45) is 4.36 Å². The van der Waals surface area contributed by atoms with Crippen LogP contribution in [0.5, 0.6) is 0 Å². The zero-order valence-electron chi connectivity index (χ0n) is 22.5. The summed E-state index contributed by atoms with van der Waals surface area (Å²) in [6.07, 6.45) is -10.4. The molecule has 0 unspecified atom stereocenters. The van der Waals surface area contributed by atoms with Crippen LogP contribution in [0.2, 0.25) is 0 Å². The number of amides is 2. The predicted octanol–water partition coefficient (Wildman–Crippen LogP) is 5.22. The Bertz CT molecular complexity index is 1450. The van der Waals surface area contributed by atoms with E-state index in [0.717, 1.165) is 30.3 Å². The summed E-state index contributed by atoms with van der Waals surface area (Å²) in [6.45, 7) is 4.34. The van der Waals surface area contributed by atoms with Crippen LogP contribution in [0.3, 0.4) is 0 Å². The second-order valence-electron chi connectivity index (χ2n) is 10.1. The van der Waals surface area contributed by atoms with E-state index in [4.69, 9.17) is 9.47 Å². The number of nitrogens with zero attached hydrogens (tertiary/aromatic N) is 4. The molecule has 1 aliphatic rings. The summed E-state index contributed by atoms with van der Waals surface area (Å²) in [7, 11) is -3.49. The van der Waals surface area contributed by atoms with Crippen LogP contribution in [0.15, 0.2) is 33.9 Å². The summed E-state index contributed by atoms with van der Waals surface area (Å²) in [5.41, 5.74) is -3.45. The van der Waals surface area contributed by atoms with Crippen molar-refractivity contribution in [2.45, 2.75) is 56.8 Å². The Hall–Kier alpha value is -3.47. The number of alkyl halides is 6. The molecule has 41 heavy (non-hydrogen) atoms. The molecule has 2 amide bonds. The number of pyridine rings is 2. The summed E-state index contributed by atoms with van der Waals surface area (Å²) < 4.78 is 107. The summed E-state index contributed by atoms with van der Waals surface area (Å²) in [6, 6.07) is 2.33. The number of hydrogen-bond acceptors (Lipinski definition) is 8. The van der Waals surface area contributed by atoms with Crippen LogP contribution < -0.4 is 10.2 Å². The number of nitrogens with one attached hydrogen (secondary N) is 1. The lowest BCUT2D eigenvalue weighted by Gasteiger charge is -2.35. The van der Waals surface area contributed by atoms with Gasteiger partial charge in [-0.05, 0) is 45.4 Å². The normalized spacial score (nSPS) is 17.9. The standard InChI is InChI=1S/C24H27F6N5O5S/c1-13-15(23(25,26)27)11-32-19(35-8-9-39-16(12-35)24(28,29)30)18(13)20(36)33-14-6-7-31-17(10-14)41(5,38)34-21(37)40-22(2,3)4/h6-7,10-11,16H,8-9,12H2,1-5H3,(H,31,33,36)/t16-,41+/m0/s1. The third-order valence-electron chi connectivity index (χ3n) is 5.61. The average molecular weight is 612 g/mol. The lowest BCUT2D eigenvalue weighted by molar-refractivity contribution is -0.221. The van der Waals surface area contributed by atoms with Crippen LogP contribution in [0.1, 0.15) is 42.3 Å². The summed E-state index contributed by atoms with van der Waals surface area (Å²) in [5, 5.41) is 2.10. The molecule has 3 heterocycles. The van der Waals surface area contributed by atoms with Gasteiger partial charge in [-0.2, -0.15) is 26.3 Å². The minimum atomic E-state index is -4.91. The lowest BCUT2D eigenvalue weighted by atomic mass is 10.0. The maximum atomic E-state index is 13.7. The van der Waals surface area contributed by atoms with E-state index in [1.807, 2.05) is 0 Å². The van der Waals surface area contributed by atoms with Crippen molar-refractivity contribution < 1.29 is 49.6 Å². The minimum Gasteiger partial charge on any atom is -0.442 e. The Morgan fingerprint density at radius 1 is 1.17 bits per heavy atom. The van der Waals surface area contributed by atoms with E-state index in [1.165, 1.54) is 6.07 Å². The maximum Gasteiger partial charge on any atom is 0.442 e. The molecule has 1 saturated heterocycles. The highest BCUT2D eigenvalue weighted by Gasteiger charge is 2.44. The quantitative estimate of drug-likeness (QED) is 0.468. The van der Waals surface area contributed by atoms with E-state index in [2.05, 4.69) is 19.6 Å². The zero-order valence-corrected chi connectivity index (χ0v) is 23.3. The molecule has 0 radical (unpaired) electrons. The molecule has 0 saturated carbocycles. The Labute approximate surface area is 231 Å². The number of carbonyl (C=O) groups is 2. The van der Waals surface area contributed by atoms with Gasteiger partial charge in [0.05, 0.1) is 24.3 Å². The number of anilines is 2. The fraction of sp³-hybridized carbons (Fsp3) is 0.500. The molecule has 0 bridgehead atoms. The maximum absolute atomic E-state index is 13.7. The number of morpholine rings is 1. The molecule has 3 rings (SSSR count). The molecule has 17 heteroatoms. The molecule has 1 aliphatic heterocycles. The van der Waals surface area contributed by atoms with Crippen LogP contribution in [0.25, 0.3) is 0 Å². The molecule has 0 aliphatic carbocycles. The third kappa shape index (κ3) is 8.06. The smallest absolute Gasteiger partial charge is 0.442 e. The topological polar surface area (TPSA) is 123 Å². The molecule has 0 aromatic carbocycles. The van der Waals surface area contributed by atoms with Crippen molar-refractivity contribution >= 4 is 33.2 Å². The van der Waals surface area contributed by atoms with E-state index in [9.17, 15) is 40.1 Å². The first kappa shape index (κ1) is 32.0. The van der Waals surface area contributed by atoms with Crippen LogP contribution in [-0.4, -0.2) is 70.0 Å². The molecule has 2 aromatic heterocycles. The van der Waals surface area contributed by atoms with Gasteiger partial charge in [-0.25, -0.2) is 19.0 Å². The van der Waals surface area contributed by atoms with Gasteiger partial charge in [0.2, 0.25) is 0 Å². The molecule has 226 valence electrons. The van der Waals surface area contributed by atoms with Crippen molar-refractivity contribution in [3.63, 3.8) is 0 Å². The van der Waals surface area contributed by atoms with Gasteiger partial charge in [-0.3, -0.25) is 4.79 Å². The van der Waals surface area contributed by atoms with Gasteiger partial charge < -0.3 is 19.7 Å². The van der Waals surface area contributed by atoms with Gasteiger partial charge in [0.1, 0.15) is 26.2 Å². The number of carbonyl (C=O) groups excluding carboxylic acids is 2. The highest BCUT2D eigenvalue weighted by atomic mass is 32.2. The first-order valence-corrected chi connectivity index (χ1v) is 13.8. The summed E-state index contributed by atoms with van der Waals surface area (Å²) >= 11 is 0. The van der Waals surface area contributed by atoms with E-state index in [-0.39, 0.29) is 17.3 Å². The molecule has 2 atom stereocenters. The fourth-order valence-electron chi connectivity index (χ4n) is 3.78. The number of aromatic nitrogens is 2. The number of hydrogen-bond donors (Lipinski definition) is 1. The number of ether oxygens (including phenoxy) is 2. The van der Waals surface area contributed by atoms with Crippen molar-refractivity contribution in [3.8, 4) is 0 Å². The van der Waals surface area contributed by atoms with Crippen LogP contribution in [0.4, 0.5) is 42.6 Å². The van der Waals surface area contributed by atoms with E-state index in [0.29, 0.717) is 6.20 Å². The summed E-state index contributed by atoms with van der Waals surface area (Å²) in [5.74, 6) is -1.53. The Kier molecular flexibility index (Phi) is 8.93. The van der Waals surface area contributed by atoms with Gasteiger partial charge in [0, 0.05) is 30.9 Å². The van der Waals surface area contributed by atoms with E-state index >= 15 is 0 Å². The van der Waals surface area contributed by atoms with Crippen molar-refractivity contribution in [1.82, 2.24) is 9.97 Å². The van der Waals surface area contributed by atoms with Gasteiger partial charge >= 0.3 is 18.4 Å². The van der Waals surface area contributed by atoms with E-state index in [1.54, 1.807) is 20.8 Å². The van der Waals surface area contributed by atoms with Gasteiger partial charge in [-0.15, -0.1) is 4.36 Å². The average Bonchev–Trinajstić information content (AvgIpc) is 2.81. The first-order valence-electron chi connectivity index (χ1n) is 11.9. The Balaban J connectivity index is 2.01. The largest absolute Gasteiger partial charge is 0.442 e. The lowest BCUT2D eigenvalue weighted by Crippen LogP contribution is -2.50. The molecule has 1 fully saturated rings. The first-order chi connectivity index (χ1) is 18.7. The monoisotopic (exact) mass is 611 g/mol. The van der Waals surface area contributed by atoms with Crippen LogP contribution in [0, 0.1) is 6.92 Å². The molecular formula is C24H27F6N5O5S.